The molecule has 1 unspecified atom stereocenters. The number of carbonyl (C=O) groups excluding carboxylic acids is 1. The molecule has 4 heteroatoms. The molecule has 0 aliphatic carbocycles. The minimum absolute atomic E-state index is 0.0947. The Morgan fingerprint density at radius 2 is 1.85 bits per heavy atom. The van der Waals surface area contributed by atoms with Gasteiger partial charge in [0.05, 0.1) is 6.04 Å². The number of nitrogens with zero attached hydrogens (tertiary/aromatic N) is 1. The van der Waals surface area contributed by atoms with E-state index in [4.69, 9.17) is 0 Å². The number of H-pyrrole nitrogens is 1. The van der Waals surface area contributed by atoms with Gasteiger partial charge in [0.15, 0.2) is 5.43 Å². The maximum Gasteiger partial charge on any atom is 0.259 e. The predicted octanol–water partition coefficient (Wildman–Crippen LogP) is 2.52. The zero-order valence-corrected chi connectivity index (χ0v) is 11.9. The Hall–Kier alpha value is -2.36. The molecule has 20 heavy (non-hydrogen) atoms. The van der Waals surface area contributed by atoms with Gasteiger partial charge in [-0.3, -0.25) is 9.59 Å². The number of pyridine rings is 1. The van der Waals surface area contributed by atoms with E-state index in [1.165, 1.54) is 24.0 Å². The Kier molecular flexibility index (Phi) is 4.03. The van der Waals surface area contributed by atoms with Gasteiger partial charge < -0.3 is 9.88 Å². The van der Waals surface area contributed by atoms with Gasteiger partial charge in [0.25, 0.3) is 5.91 Å². The fraction of sp³-hybridized carbons (Fsp3) is 0.250. The first-order chi connectivity index (χ1) is 9.50. The third-order valence-electron chi connectivity index (χ3n) is 3.52. The van der Waals surface area contributed by atoms with Crippen LogP contribution < -0.4 is 5.43 Å². The lowest BCUT2D eigenvalue weighted by Crippen LogP contribution is -2.33. The molecule has 0 aliphatic heterocycles. The number of amides is 1. The van der Waals surface area contributed by atoms with E-state index in [2.05, 4.69) is 4.98 Å². The summed E-state index contributed by atoms with van der Waals surface area (Å²) in [5.41, 5.74) is 2.11. The van der Waals surface area contributed by atoms with Gasteiger partial charge >= 0.3 is 0 Å². The van der Waals surface area contributed by atoms with E-state index in [1.54, 1.807) is 11.9 Å². The molecule has 0 saturated carbocycles. The molecule has 104 valence electrons. The van der Waals surface area contributed by atoms with Crippen molar-refractivity contribution >= 4 is 5.91 Å². The highest BCUT2D eigenvalue weighted by atomic mass is 16.2. The van der Waals surface area contributed by atoms with E-state index >= 15 is 0 Å². The molecule has 1 N–H and O–H groups in total. The number of hydrogen-bond acceptors (Lipinski definition) is 2. The second kappa shape index (κ2) is 5.74. The highest BCUT2D eigenvalue weighted by Crippen LogP contribution is 2.20. The van der Waals surface area contributed by atoms with Crippen LogP contribution in [0, 0.1) is 6.92 Å². The van der Waals surface area contributed by atoms with E-state index in [9.17, 15) is 9.59 Å². The first kappa shape index (κ1) is 14.1. The van der Waals surface area contributed by atoms with Gasteiger partial charge in [-0.15, -0.1) is 0 Å². The summed E-state index contributed by atoms with van der Waals surface area (Å²) >= 11 is 0. The van der Waals surface area contributed by atoms with Gasteiger partial charge in [0, 0.05) is 25.5 Å². The Morgan fingerprint density at radius 1 is 1.20 bits per heavy atom. The van der Waals surface area contributed by atoms with Crippen molar-refractivity contribution in [2.24, 2.45) is 0 Å². The lowest BCUT2D eigenvalue weighted by atomic mass is 10.0. The normalized spacial score (nSPS) is 11.9. The van der Waals surface area contributed by atoms with E-state index < -0.39 is 0 Å². The maximum atomic E-state index is 12.4. The summed E-state index contributed by atoms with van der Waals surface area (Å²) in [7, 11) is 1.71. The Morgan fingerprint density at radius 3 is 2.45 bits per heavy atom. The molecule has 2 aromatic rings. The molecule has 0 fully saturated rings. The predicted molar refractivity (Wildman–Crippen MR) is 78.8 cm³/mol. The fourth-order valence-corrected chi connectivity index (χ4v) is 2.02. The molecule has 4 nitrogen and oxygen atoms in total. The summed E-state index contributed by atoms with van der Waals surface area (Å²) in [4.78, 5) is 28.4. The number of aromatic nitrogens is 1. The first-order valence-corrected chi connectivity index (χ1v) is 6.51. The van der Waals surface area contributed by atoms with Crippen molar-refractivity contribution in [1.29, 1.82) is 0 Å². The standard InChI is InChI=1S/C16H18N2O2/c1-11-4-6-13(7-5-11)12(2)18(3)16(20)14-10-17-9-8-15(14)19/h4-10,12H,1-3H3,(H,17,19). The van der Waals surface area contributed by atoms with Crippen molar-refractivity contribution in [3.05, 3.63) is 69.6 Å². The summed E-state index contributed by atoms with van der Waals surface area (Å²) in [5, 5.41) is 0. The van der Waals surface area contributed by atoms with Gasteiger partial charge in [0.2, 0.25) is 0 Å². The van der Waals surface area contributed by atoms with Gasteiger partial charge in [-0.2, -0.15) is 0 Å². The van der Waals surface area contributed by atoms with Crippen molar-refractivity contribution in [2.45, 2.75) is 19.9 Å². The zero-order valence-electron chi connectivity index (χ0n) is 11.9. The van der Waals surface area contributed by atoms with Crippen LogP contribution in [-0.4, -0.2) is 22.8 Å². The van der Waals surface area contributed by atoms with Crippen LogP contribution in [-0.2, 0) is 0 Å². The molecule has 1 aromatic heterocycles. The summed E-state index contributed by atoms with van der Waals surface area (Å²) < 4.78 is 0. The molecular weight excluding hydrogens is 252 g/mol. The maximum absolute atomic E-state index is 12.4. The minimum atomic E-state index is -0.278. The number of carbonyl (C=O) groups is 1. The first-order valence-electron chi connectivity index (χ1n) is 6.51. The van der Waals surface area contributed by atoms with Crippen LogP contribution in [0.25, 0.3) is 0 Å². The van der Waals surface area contributed by atoms with E-state index in [1.807, 2.05) is 38.1 Å². The quantitative estimate of drug-likeness (QED) is 0.931. The topological polar surface area (TPSA) is 53.2 Å². The van der Waals surface area contributed by atoms with Gasteiger partial charge in [0.1, 0.15) is 5.56 Å². The molecule has 0 spiro atoms. The molecule has 2 rings (SSSR count). The molecule has 1 aromatic carbocycles. The third-order valence-corrected chi connectivity index (χ3v) is 3.52. The van der Waals surface area contributed by atoms with Gasteiger partial charge in [-0.1, -0.05) is 29.8 Å². The second-order valence-electron chi connectivity index (χ2n) is 4.92. The average molecular weight is 270 g/mol. The minimum Gasteiger partial charge on any atom is -0.367 e. The van der Waals surface area contributed by atoms with Crippen LogP contribution in [0.15, 0.2) is 47.5 Å². The Labute approximate surface area is 118 Å². The number of hydrogen-bond donors (Lipinski definition) is 1. The molecule has 0 radical (unpaired) electrons. The molecule has 0 saturated heterocycles. The molecule has 1 atom stereocenters. The summed E-state index contributed by atoms with van der Waals surface area (Å²) in [6.07, 6.45) is 2.96. The van der Waals surface area contributed by atoms with Crippen molar-refractivity contribution in [2.75, 3.05) is 7.05 Å². The lowest BCUT2D eigenvalue weighted by molar-refractivity contribution is 0.0741. The SMILES string of the molecule is Cc1ccc(C(C)N(C)C(=O)c2c[nH]ccc2=O)cc1. The highest BCUT2D eigenvalue weighted by Gasteiger charge is 2.20. The lowest BCUT2D eigenvalue weighted by Gasteiger charge is -2.25. The van der Waals surface area contributed by atoms with Crippen molar-refractivity contribution < 1.29 is 4.79 Å². The molecule has 1 amide bonds. The number of rotatable bonds is 3. The summed E-state index contributed by atoms with van der Waals surface area (Å²) in [6.45, 7) is 3.96. The molecule has 1 heterocycles. The molecule has 0 aliphatic rings. The van der Waals surface area contributed by atoms with Gasteiger partial charge in [-0.05, 0) is 19.4 Å². The van der Waals surface area contributed by atoms with Crippen LogP contribution >= 0.6 is 0 Å². The van der Waals surface area contributed by atoms with Crippen LogP contribution in [0.2, 0.25) is 0 Å². The zero-order chi connectivity index (χ0) is 14.7. The Bertz CT molecular complexity index is 659. The van der Waals surface area contributed by atoms with Crippen LogP contribution in [0.1, 0.15) is 34.5 Å². The van der Waals surface area contributed by atoms with Gasteiger partial charge in [-0.25, -0.2) is 0 Å². The number of benzene rings is 1. The number of nitrogens with one attached hydrogen (secondary N) is 1. The van der Waals surface area contributed by atoms with E-state index in [-0.39, 0.29) is 22.9 Å². The van der Waals surface area contributed by atoms with Crippen LogP contribution in [0.5, 0.6) is 0 Å². The monoisotopic (exact) mass is 270 g/mol. The summed E-state index contributed by atoms with van der Waals surface area (Å²) in [5.74, 6) is -0.278. The largest absolute Gasteiger partial charge is 0.367 e. The Balaban J connectivity index is 2.25. The number of aromatic amines is 1. The van der Waals surface area contributed by atoms with Crippen molar-refractivity contribution in [3.8, 4) is 0 Å². The van der Waals surface area contributed by atoms with E-state index in [0.717, 1.165) is 5.56 Å². The van der Waals surface area contributed by atoms with Crippen molar-refractivity contribution in [3.63, 3.8) is 0 Å². The average Bonchev–Trinajstić information content (AvgIpc) is 2.46. The van der Waals surface area contributed by atoms with Crippen LogP contribution in [0.4, 0.5) is 0 Å². The summed E-state index contributed by atoms with van der Waals surface area (Å²) in [6, 6.07) is 9.29. The smallest absolute Gasteiger partial charge is 0.259 e. The fourth-order valence-electron chi connectivity index (χ4n) is 2.02. The van der Waals surface area contributed by atoms with Crippen molar-refractivity contribution in [1.82, 2.24) is 9.88 Å². The van der Waals surface area contributed by atoms with Crippen LogP contribution in [0.3, 0.4) is 0 Å². The van der Waals surface area contributed by atoms with E-state index in [0.29, 0.717) is 0 Å². The highest BCUT2D eigenvalue weighted by molar-refractivity contribution is 5.93. The number of aryl methyl sites for hydroxylation is 1. The molecule has 0 bridgehead atoms. The third kappa shape index (κ3) is 2.79. The second-order valence-corrected chi connectivity index (χ2v) is 4.92. The molecular formula is C16H18N2O2.